The molecule has 0 saturated carbocycles. The van der Waals surface area contributed by atoms with E-state index in [1.165, 1.54) is 0 Å². The van der Waals surface area contributed by atoms with Crippen molar-refractivity contribution in [3.63, 3.8) is 0 Å². The summed E-state index contributed by atoms with van der Waals surface area (Å²) in [5.74, 6) is 0. The normalized spacial score (nSPS) is 19.1. The number of carbonyl (C=O) groups excluding carboxylic acids is 1. The average molecular weight is 241 g/mol. The molecule has 0 aliphatic carbocycles. The van der Waals surface area contributed by atoms with Gasteiger partial charge in [0.2, 0.25) is 0 Å². The van der Waals surface area contributed by atoms with Crippen LogP contribution in [-0.4, -0.2) is 33.4 Å². The number of hydrogen-bond acceptors (Lipinski definition) is 3. The molecule has 2 heterocycles. The molecule has 1 N–H and O–H groups in total. The summed E-state index contributed by atoms with van der Waals surface area (Å²) in [6.07, 6.45) is -0.191. The fourth-order valence-electron chi connectivity index (χ4n) is 1.76. The maximum atomic E-state index is 10.9. The first-order chi connectivity index (χ1) is 7.61. The van der Waals surface area contributed by atoms with Crippen molar-refractivity contribution in [3.05, 3.63) is 28.5 Å². The quantitative estimate of drug-likeness (QED) is 0.594. The highest BCUT2D eigenvalue weighted by Crippen LogP contribution is 2.22. The van der Waals surface area contributed by atoms with E-state index in [4.69, 9.17) is 16.7 Å². The molecule has 1 aliphatic rings. The molecule has 0 spiro atoms. The Balaban J connectivity index is 2.37. The van der Waals surface area contributed by atoms with Gasteiger partial charge in [0.1, 0.15) is 11.4 Å². The topological polar surface area (TPSA) is 70.5 Å². The number of rotatable bonds is 1. The Morgan fingerprint density at radius 2 is 2.38 bits per heavy atom. The van der Waals surface area contributed by atoms with Crippen LogP contribution < -0.4 is 0 Å². The summed E-state index contributed by atoms with van der Waals surface area (Å²) in [4.78, 5) is 26.9. The van der Waals surface area contributed by atoms with E-state index in [-0.39, 0.29) is 13.0 Å². The Bertz CT molecular complexity index is 450. The van der Waals surface area contributed by atoms with Crippen LogP contribution in [0.2, 0.25) is 5.15 Å². The second kappa shape index (κ2) is 4.09. The van der Waals surface area contributed by atoms with E-state index in [1.807, 2.05) is 0 Å². The van der Waals surface area contributed by atoms with Gasteiger partial charge < -0.3 is 9.90 Å². The SMILES string of the molecule is O=CC1Cc2nc(Cl)ccc2CN1C(=O)O. The van der Waals surface area contributed by atoms with Gasteiger partial charge in [0.05, 0.1) is 12.6 Å². The van der Waals surface area contributed by atoms with Crippen LogP contribution in [0, 0.1) is 0 Å². The number of aromatic nitrogens is 1. The van der Waals surface area contributed by atoms with Crippen molar-refractivity contribution >= 4 is 24.0 Å². The van der Waals surface area contributed by atoms with Crippen molar-refractivity contribution in [1.82, 2.24) is 9.88 Å². The van der Waals surface area contributed by atoms with Gasteiger partial charge in [-0.2, -0.15) is 0 Å². The molecule has 1 aromatic heterocycles. The van der Waals surface area contributed by atoms with E-state index in [0.717, 1.165) is 10.5 Å². The zero-order valence-corrected chi connectivity index (χ0v) is 9.02. The van der Waals surface area contributed by atoms with Gasteiger partial charge in [0.25, 0.3) is 0 Å². The summed E-state index contributed by atoms with van der Waals surface area (Å²) >= 11 is 5.74. The summed E-state index contributed by atoms with van der Waals surface area (Å²) in [7, 11) is 0. The van der Waals surface area contributed by atoms with Crippen LogP contribution in [0.4, 0.5) is 4.79 Å². The molecule has 6 heteroatoms. The molecule has 0 aromatic carbocycles. The Labute approximate surface area is 96.7 Å². The third kappa shape index (κ3) is 1.86. The van der Waals surface area contributed by atoms with E-state index in [2.05, 4.69) is 4.98 Å². The summed E-state index contributed by atoms with van der Waals surface area (Å²) in [6, 6.07) is 2.68. The van der Waals surface area contributed by atoms with Crippen LogP contribution in [0.15, 0.2) is 12.1 Å². The molecule has 0 bridgehead atoms. The number of hydrogen-bond donors (Lipinski definition) is 1. The van der Waals surface area contributed by atoms with Gasteiger partial charge in [0.15, 0.2) is 0 Å². The molecule has 84 valence electrons. The van der Waals surface area contributed by atoms with E-state index in [0.29, 0.717) is 17.1 Å². The second-order valence-corrected chi connectivity index (χ2v) is 3.95. The highest BCUT2D eigenvalue weighted by molar-refractivity contribution is 6.29. The lowest BCUT2D eigenvalue weighted by Gasteiger charge is -2.30. The molecule has 0 fully saturated rings. The first-order valence-corrected chi connectivity index (χ1v) is 5.08. The number of nitrogens with zero attached hydrogens (tertiary/aromatic N) is 2. The number of aldehydes is 1. The second-order valence-electron chi connectivity index (χ2n) is 3.56. The highest BCUT2D eigenvalue weighted by Gasteiger charge is 2.30. The number of amides is 1. The first kappa shape index (κ1) is 10.9. The first-order valence-electron chi connectivity index (χ1n) is 4.71. The zero-order valence-electron chi connectivity index (χ0n) is 8.26. The maximum Gasteiger partial charge on any atom is 0.408 e. The molecule has 1 aromatic rings. The van der Waals surface area contributed by atoms with Crippen molar-refractivity contribution in [3.8, 4) is 0 Å². The van der Waals surface area contributed by atoms with Crippen molar-refractivity contribution < 1.29 is 14.7 Å². The minimum Gasteiger partial charge on any atom is -0.465 e. The molecule has 1 atom stereocenters. The molecule has 0 saturated heterocycles. The number of halogens is 1. The highest BCUT2D eigenvalue weighted by atomic mass is 35.5. The van der Waals surface area contributed by atoms with E-state index in [1.54, 1.807) is 12.1 Å². The van der Waals surface area contributed by atoms with Crippen LogP contribution in [0.25, 0.3) is 0 Å². The number of fused-ring (bicyclic) bond motifs is 1. The van der Waals surface area contributed by atoms with Crippen LogP contribution in [0.3, 0.4) is 0 Å². The van der Waals surface area contributed by atoms with Crippen molar-refractivity contribution in [2.75, 3.05) is 0 Å². The number of carboxylic acid groups (broad SMARTS) is 1. The molecule has 16 heavy (non-hydrogen) atoms. The fourth-order valence-corrected chi connectivity index (χ4v) is 1.93. The standard InChI is InChI=1S/C10H9ClN2O3/c11-9-2-1-6-4-13(10(15)16)7(5-14)3-8(6)12-9/h1-2,5,7H,3-4H2,(H,15,16). The van der Waals surface area contributed by atoms with Gasteiger partial charge in [-0.25, -0.2) is 9.78 Å². The fraction of sp³-hybridized carbons (Fsp3) is 0.300. The van der Waals surface area contributed by atoms with E-state index >= 15 is 0 Å². The van der Waals surface area contributed by atoms with Crippen LogP contribution >= 0.6 is 11.6 Å². The van der Waals surface area contributed by atoms with Gasteiger partial charge in [0, 0.05) is 12.1 Å². The molecule has 5 nitrogen and oxygen atoms in total. The minimum absolute atomic E-state index is 0.179. The predicted octanol–water partition coefficient (Wildman–Crippen LogP) is 1.34. The zero-order chi connectivity index (χ0) is 11.7. The summed E-state index contributed by atoms with van der Waals surface area (Å²) < 4.78 is 0. The monoisotopic (exact) mass is 240 g/mol. The Morgan fingerprint density at radius 3 is 3.00 bits per heavy atom. The molecular formula is C10H9ClN2O3. The van der Waals surface area contributed by atoms with Gasteiger partial charge in [-0.05, 0) is 11.6 Å². The van der Waals surface area contributed by atoms with Gasteiger partial charge in [-0.3, -0.25) is 4.90 Å². The van der Waals surface area contributed by atoms with E-state index in [9.17, 15) is 9.59 Å². The number of pyridine rings is 1. The lowest BCUT2D eigenvalue weighted by molar-refractivity contribution is -0.112. The Hall–Kier alpha value is -1.62. The van der Waals surface area contributed by atoms with Gasteiger partial charge >= 0.3 is 6.09 Å². The Kier molecular flexibility index (Phi) is 2.78. The van der Waals surface area contributed by atoms with Crippen LogP contribution in [0.5, 0.6) is 0 Å². The molecular weight excluding hydrogens is 232 g/mol. The van der Waals surface area contributed by atoms with Gasteiger partial charge in [-0.15, -0.1) is 0 Å². The number of carbonyl (C=O) groups is 2. The van der Waals surface area contributed by atoms with Crippen LogP contribution in [0.1, 0.15) is 11.3 Å². The summed E-state index contributed by atoms with van der Waals surface area (Å²) in [5, 5.41) is 9.29. The van der Waals surface area contributed by atoms with E-state index < -0.39 is 12.1 Å². The largest absolute Gasteiger partial charge is 0.465 e. The third-order valence-electron chi connectivity index (χ3n) is 2.58. The molecule has 1 aliphatic heterocycles. The minimum atomic E-state index is -1.10. The third-order valence-corrected chi connectivity index (χ3v) is 2.79. The smallest absolute Gasteiger partial charge is 0.408 e. The summed E-state index contributed by atoms with van der Waals surface area (Å²) in [6.45, 7) is 0.179. The van der Waals surface area contributed by atoms with Crippen molar-refractivity contribution in [2.24, 2.45) is 0 Å². The molecule has 1 amide bonds. The van der Waals surface area contributed by atoms with Crippen molar-refractivity contribution in [2.45, 2.75) is 19.0 Å². The molecule has 1 unspecified atom stereocenters. The van der Waals surface area contributed by atoms with Gasteiger partial charge in [-0.1, -0.05) is 17.7 Å². The lowest BCUT2D eigenvalue weighted by atomic mass is 10.0. The predicted molar refractivity (Wildman–Crippen MR) is 56.4 cm³/mol. The lowest BCUT2D eigenvalue weighted by Crippen LogP contribution is -2.44. The van der Waals surface area contributed by atoms with Crippen LogP contribution in [-0.2, 0) is 17.8 Å². The molecule has 2 rings (SSSR count). The molecule has 0 radical (unpaired) electrons. The maximum absolute atomic E-state index is 10.9. The average Bonchev–Trinajstić information content (AvgIpc) is 2.26. The van der Waals surface area contributed by atoms with Crippen molar-refractivity contribution in [1.29, 1.82) is 0 Å². The summed E-state index contributed by atoms with van der Waals surface area (Å²) in [5.41, 5.74) is 1.49. The Morgan fingerprint density at radius 1 is 1.62 bits per heavy atom.